The molecule has 0 aromatic heterocycles. The highest BCUT2D eigenvalue weighted by Gasteiger charge is 2.43. The van der Waals surface area contributed by atoms with Gasteiger partial charge in [0.2, 0.25) is 0 Å². The van der Waals surface area contributed by atoms with Gasteiger partial charge in [0.15, 0.2) is 0 Å². The second-order valence-electron chi connectivity index (χ2n) is 9.41. The summed E-state index contributed by atoms with van der Waals surface area (Å²) in [6.07, 6.45) is 6.15. The van der Waals surface area contributed by atoms with Crippen molar-refractivity contribution in [1.82, 2.24) is 9.80 Å². The highest BCUT2D eigenvalue weighted by molar-refractivity contribution is 5.67. The number of nitrogens with zero attached hydrogens (tertiary/aromatic N) is 2. The van der Waals surface area contributed by atoms with E-state index in [9.17, 15) is 9.18 Å². The van der Waals surface area contributed by atoms with Crippen LogP contribution in [0.25, 0.3) is 0 Å². The highest BCUT2D eigenvalue weighted by Crippen LogP contribution is 2.46. The minimum atomic E-state index is -0.240. The van der Waals surface area contributed by atoms with Crippen molar-refractivity contribution in [3.63, 3.8) is 0 Å². The third-order valence-electron chi connectivity index (χ3n) is 7.00. The van der Waals surface area contributed by atoms with E-state index in [1.807, 2.05) is 35.2 Å². The number of halogens is 1. The van der Waals surface area contributed by atoms with Crippen LogP contribution >= 0.6 is 0 Å². The van der Waals surface area contributed by atoms with Crippen LogP contribution in [0.5, 0.6) is 0 Å². The van der Waals surface area contributed by atoms with E-state index < -0.39 is 0 Å². The van der Waals surface area contributed by atoms with Crippen LogP contribution in [0.3, 0.4) is 0 Å². The molecule has 2 aliphatic heterocycles. The normalized spacial score (nSPS) is 24.6. The van der Waals surface area contributed by atoms with E-state index in [4.69, 9.17) is 9.47 Å². The molecule has 4 rings (SSSR count). The quantitative estimate of drug-likeness (QED) is 0.632. The molecule has 5 nitrogen and oxygen atoms in total. The van der Waals surface area contributed by atoms with Gasteiger partial charge < -0.3 is 14.4 Å². The molecule has 6 heteroatoms. The number of alkyl halides is 1. The average Bonchev–Trinajstić information content (AvgIpc) is 3.59. The van der Waals surface area contributed by atoms with Gasteiger partial charge in [0.1, 0.15) is 6.61 Å². The van der Waals surface area contributed by atoms with Gasteiger partial charge in [0.25, 0.3) is 0 Å². The Morgan fingerprint density at radius 2 is 1.87 bits per heavy atom. The summed E-state index contributed by atoms with van der Waals surface area (Å²) >= 11 is 0. The number of ether oxygens (including phenoxy) is 2. The van der Waals surface area contributed by atoms with E-state index >= 15 is 0 Å². The Kier molecular flexibility index (Phi) is 7.26. The van der Waals surface area contributed by atoms with E-state index in [0.29, 0.717) is 25.2 Å². The molecule has 1 aromatic rings. The Hall–Kier alpha value is -1.66. The fraction of sp³-hybridized carbons (Fsp3) is 0.708. The first-order valence-electron chi connectivity index (χ1n) is 11.5. The largest absolute Gasteiger partial charge is 0.445 e. The third-order valence-corrected chi connectivity index (χ3v) is 7.00. The topological polar surface area (TPSA) is 42.0 Å². The van der Waals surface area contributed by atoms with Crippen molar-refractivity contribution in [1.29, 1.82) is 0 Å². The maximum absolute atomic E-state index is 13.0. The molecule has 2 heterocycles. The summed E-state index contributed by atoms with van der Waals surface area (Å²) in [6, 6.07) is 10.3. The summed E-state index contributed by atoms with van der Waals surface area (Å²) in [7, 11) is 0. The monoisotopic (exact) mass is 418 g/mol. The molecular formula is C24H35FN2O3. The molecule has 1 amide bonds. The zero-order valence-electron chi connectivity index (χ0n) is 17.9. The van der Waals surface area contributed by atoms with Gasteiger partial charge in [-0.1, -0.05) is 30.3 Å². The molecule has 0 radical (unpaired) electrons. The molecule has 1 unspecified atom stereocenters. The van der Waals surface area contributed by atoms with Crippen molar-refractivity contribution >= 4 is 6.09 Å². The summed E-state index contributed by atoms with van der Waals surface area (Å²) in [5, 5.41) is 0. The molecule has 2 saturated heterocycles. The van der Waals surface area contributed by atoms with Crippen LogP contribution in [0.2, 0.25) is 0 Å². The van der Waals surface area contributed by atoms with Crippen LogP contribution < -0.4 is 0 Å². The summed E-state index contributed by atoms with van der Waals surface area (Å²) in [4.78, 5) is 16.8. The minimum absolute atomic E-state index is 0.143. The standard InChI is InChI=1S/C24H35FN2O3/c25-18-24(10-11-24)19-29-16-21-7-4-12-27(15-21)22-8-13-26(14-9-22)23(28)30-17-20-5-2-1-3-6-20/h1-3,5-6,21-22H,4,7-19H2. The number of benzene rings is 1. The zero-order chi connectivity index (χ0) is 20.8. The summed E-state index contributed by atoms with van der Waals surface area (Å²) < 4.78 is 24.4. The fourth-order valence-corrected chi connectivity index (χ4v) is 4.72. The second kappa shape index (κ2) is 10.1. The lowest BCUT2D eigenvalue weighted by atomic mass is 9.94. The van der Waals surface area contributed by atoms with Crippen LogP contribution in [-0.2, 0) is 16.1 Å². The van der Waals surface area contributed by atoms with Crippen LogP contribution in [0.15, 0.2) is 30.3 Å². The molecule has 30 heavy (non-hydrogen) atoms. The van der Waals surface area contributed by atoms with Gasteiger partial charge in [-0.25, -0.2) is 4.79 Å². The predicted octanol–water partition coefficient (Wildman–Crippen LogP) is 4.27. The Balaban J connectivity index is 1.15. The SMILES string of the molecule is O=C(OCc1ccccc1)N1CCC(N2CCCC(COCC3(CF)CC3)C2)CC1. The zero-order valence-corrected chi connectivity index (χ0v) is 17.9. The highest BCUT2D eigenvalue weighted by atomic mass is 19.1. The van der Waals surface area contributed by atoms with E-state index in [0.717, 1.165) is 64.0 Å². The number of carbonyl (C=O) groups is 1. The Labute approximate surface area is 179 Å². The number of hydrogen-bond acceptors (Lipinski definition) is 4. The van der Waals surface area contributed by atoms with E-state index in [1.54, 1.807) is 0 Å². The minimum Gasteiger partial charge on any atom is -0.445 e. The van der Waals surface area contributed by atoms with Gasteiger partial charge in [-0.2, -0.15) is 0 Å². The lowest BCUT2D eigenvalue weighted by Gasteiger charge is -2.42. The number of carbonyl (C=O) groups excluding carboxylic acids is 1. The third kappa shape index (κ3) is 5.73. The maximum atomic E-state index is 13.0. The average molecular weight is 419 g/mol. The summed E-state index contributed by atoms with van der Waals surface area (Å²) in [5.74, 6) is 0.544. The van der Waals surface area contributed by atoms with Crippen molar-refractivity contribution in [3.05, 3.63) is 35.9 Å². The summed E-state index contributed by atoms with van der Waals surface area (Å²) in [6.45, 7) is 5.14. The molecule has 1 atom stereocenters. The van der Waals surface area contributed by atoms with Crippen LogP contribution in [0, 0.1) is 11.3 Å². The number of hydrogen-bond donors (Lipinski definition) is 0. The van der Waals surface area contributed by atoms with Gasteiger partial charge in [-0.05, 0) is 56.6 Å². The lowest BCUT2D eigenvalue weighted by molar-refractivity contribution is 0.0119. The fourth-order valence-electron chi connectivity index (χ4n) is 4.72. The number of amides is 1. The van der Waals surface area contributed by atoms with Crippen molar-refractivity contribution < 1.29 is 18.7 Å². The predicted molar refractivity (Wildman–Crippen MR) is 114 cm³/mol. The molecule has 3 aliphatic rings. The first-order valence-corrected chi connectivity index (χ1v) is 11.5. The first kappa shape index (κ1) is 21.6. The second-order valence-corrected chi connectivity index (χ2v) is 9.41. The number of rotatable bonds is 8. The van der Waals surface area contributed by atoms with Gasteiger partial charge in [-0.3, -0.25) is 9.29 Å². The van der Waals surface area contributed by atoms with Gasteiger partial charge in [-0.15, -0.1) is 0 Å². The molecular weight excluding hydrogens is 383 g/mol. The smallest absolute Gasteiger partial charge is 0.410 e. The van der Waals surface area contributed by atoms with Gasteiger partial charge in [0, 0.05) is 31.1 Å². The van der Waals surface area contributed by atoms with E-state index in [2.05, 4.69) is 4.90 Å². The molecule has 166 valence electrons. The molecule has 0 bridgehead atoms. The van der Waals surface area contributed by atoms with Crippen molar-refractivity contribution in [3.8, 4) is 0 Å². The van der Waals surface area contributed by atoms with E-state index in [1.165, 1.54) is 12.8 Å². The Bertz CT molecular complexity index is 674. The molecule has 0 spiro atoms. The van der Waals surface area contributed by atoms with Gasteiger partial charge >= 0.3 is 6.09 Å². The van der Waals surface area contributed by atoms with Crippen molar-refractivity contribution in [2.75, 3.05) is 46.1 Å². The molecule has 1 saturated carbocycles. The van der Waals surface area contributed by atoms with Crippen LogP contribution in [0.1, 0.15) is 44.1 Å². The Morgan fingerprint density at radius 1 is 1.10 bits per heavy atom. The molecule has 0 N–H and O–H groups in total. The number of piperidine rings is 2. The maximum Gasteiger partial charge on any atom is 0.410 e. The van der Waals surface area contributed by atoms with Gasteiger partial charge in [0.05, 0.1) is 19.9 Å². The summed E-state index contributed by atoms with van der Waals surface area (Å²) in [5.41, 5.74) is 0.873. The van der Waals surface area contributed by atoms with Crippen molar-refractivity contribution in [2.24, 2.45) is 11.3 Å². The molecule has 1 aliphatic carbocycles. The number of likely N-dealkylation sites (tertiary alicyclic amines) is 2. The first-order chi connectivity index (χ1) is 14.7. The van der Waals surface area contributed by atoms with Crippen LogP contribution in [-0.4, -0.2) is 68.0 Å². The Morgan fingerprint density at radius 3 is 2.57 bits per heavy atom. The molecule has 3 fully saturated rings. The van der Waals surface area contributed by atoms with Crippen molar-refractivity contribution in [2.45, 2.75) is 51.2 Å². The van der Waals surface area contributed by atoms with E-state index in [-0.39, 0.29) is 18.2 Å². The lowest BCUT2D eigenvalue weighted by Crippen LogP contribution is -2.50. The van der Waals surface area contributed by atoms with Crippen LogP contribution in [0.4, 0.5) is 9.18 Å². The molecule has 1 aromatic carbocycles.